The monoisotopic (exact) mass is 358 g/mol. The fourth-order valence-corrected chi connectivity index (χ4v) is 3.97. The topological polar surface area (TPSA) is 49.9 Å². The van der Waals surface area contributed by atoms with Crippen LogP contribution in [0, 0.1) is 5.92 Å². The molecule has 2 saturated heterocycles. The van der Waals surface area contributed by atoms with Crippen molar-refractivity contribution in [2.24, 2.45) is 5.92 Å². The summed E-state index contributed by atoms with van der Waals surface area (Å²) in [7, 11) is 1.87. The molecule has 1 aromatic carbocycles. The highest BCUT2D eigenvalue weighted by Gasteiger charge is 2.35. The van der Waals surface area contributed by atoms with Gasteiger partial charge in [-0.15, -0.1) is 0 Å². The van der Waals surface area contributed by atoms with Crippen LogP contribution >= 0.6 is 0 Å². The highest BCUT2D eigenvalue weighted by molar-refractivity contribution is 5.89. The number of nitrogens with zero attached hydrogens (tertiary/aromatic N) is 2. The van der Waals surface area contributed by atoms with Crippen molar-refractivity contribution in [3.63, 3.8) is 0 Å². The van der Waals surface area contributed by atoms with Crippen molar-refractivity contribution < 1.29 is 14.3 Å². The van der Waals surface area contributed by atoms with E-state index in [9.17, 15) is 9.59 Å². The number of rotatable bonds is 6. The van der Waals surface area contributed by atoms with Gasteiger partial charge in [0.15, 0.2) is 0 Å². The molecule has 2 fully saturated rings. The Hall–Kier alpha value is -1.88. The maximum Gasteiger partial charge on any atom is 0.245 e. The molecule has 0 N–H and O–H groups in total. The number of hydrogen-bond donors (Lipinski definition) is 0. The zero-order valence-electron chi connectivity index (χ0n) is 15.7. The van der Waals surface area contributed by atoms with Crippen LogP contribution in [-0.2, 0) is 20.7 Å². The molecular formula is C21H30N2O3. The van der Waals surface area contributed by atoms with E-state index in [-0.39, 0.29) is 17.9 Å². The number of hydrogen-bond acceptors (Lipinski definition) is 3. The number of carbonyl (C=O) groups excluding carboxylic acids is 2. The molecule has 5 nitrogen and oxygen atoms in total. The predicted molar refractivity (Wildman–Crippen MR) is 101 cm³/mol. The highest BCUT2D eigenvalue weighted by Crippen LogP contribution is 2.22. The molecule has 142 valence electrons. The van der Waals surface area contributed by atoms with Crippen LogP contribution in [0.15, 0.2) is 30.3 Å². The third-order valence-electron chi connectivity index (χ3n) is 5.65. The quantitative estimate of drug-likeness (QED) is 0.785. The lowest BCUT2D eigenvalue weighted by Gasteiger charge is -2.30. The van der Waals surface area contributed by atoms with E-state index < -0.39 is 0 Å². The average Bonchev–Trinajstić information content (AvgIpc) is 3.17. The number of benzene rings is 1. The standard InChI is InChI=1S/C21H30N2O3/c1-22(13-9-17-10-14-26-15-11-17)21(25)19-8-5-12-23(19)20(24)16-18-6-3-2-4-7-18/h2-4,6-7,17,19H,5,8-16H2,1H3. The Morgan fingerprint density at radius 3 is 2.62 bits per heavy atom. The Morgan fingerprint density at radius 1 is 1.15 bits per heavy atom. The molecule has 0 bridgehead atoms. The zero-order valence-corrected chi connectivity index (χ0v) is 15.7. The Bertz CT molecular complexity index is 599. The maximum absolute atomic E-state index is 12.9. The van der Waals surface area contributed by atoms with E-state index in [1.807, 2.05) is 42.3 Å². The minimum absolute atomic E-state index is 0.0601. The number of likely N-dealkylation sites (tertiary alicyclic amines) is 1. The summed E-state index contributed by atoms with van der Waals surface area (Å²) in [4.78, 5) is 29.2. The van der Waals surface area contributed by atoms with Gasteiger partial charge in [0, 0.05) is 33.4 Å². The molecular weight excluding hydrogens is 328 g/mol. The maximum atomic E-state index is 12.9. The second-order valence-corrected chi connectivity index (χ2v) is 7.51. The first-order chi connectivity index (χ1) is 12.6. The number of carbonyl (C=O) groups is 2. The second-order valence-electron chi connectivity index (χ2n) is 7.51. The third-order valence-corrected chi connectivity index (χ3v) is 5.65. The van der Waals surface area contributed by atoms with Gasteiger partial charge >= 0.3 is 0 Å². The van der Waals surface area contributed by atoms with Gasteiger partial charge in [0.1, 0.15) is 6.04 Å². The summed E-state index contributed by atoms with van der Waals surface area (Å²) in [6.45, 7) is 3.13. The van der Waals surface area contributed by atoms with Gasteiger partial charge in [-0.3, -0.25) is 9.59 Å². The number of amides is 2. The summed E-state index contributed by atoms with van der Waals surface area (Å²) in [5, 5.41) is 0. The van der Waals surface area contributed by atoms with Crippen molar-refractivity contribution in [3.05, 3.63) is 35.9 Å². The van der Waals surface area contributed by atoms with Crippen LogP contribution in [0.2, 0.25) is 0 Å². The highest BCUT2D eigenvalue weighted by atomic mass is 16.5. The molecule has 0 aliphatic carbocycles. The van der Waals surface area contributed by atoms with Crippen LogP contribution in [0.5, 0.6) is 0 Å². The van der Waals surface area contributed by atoms with Gasteiger partial charge in [0.25, 0.3) is 0 Å². The zero-order chi connectivity index (χ0) is 18.4. The van der Waals surface area contributed by atoms with Crippen LogP contribution in [0.4, 0.5) is 0 Å². The lowest BCUT2D eigenvalue weighted by atomic mass is 9.96. The van der Waals surface area contributed by atoms with E-state index >= 15 is 0 Å². The van der Waals surface area contributed by atoms with Gasteiger partial charge in [0.2, 0.25) is 11.8 Å². The number of likely N-dealkylation sites (N-methyl/N-ethyl adjacent to an activating group) is 1. The fraction of sp³-hybridized carbons (Fsp3) is 0.619. The molecule has 1 unspecified atom stereocenters. The van der Waals surface area contributed by atoms with Crippen LogP contribution in [-0.4, -0.2) is 61.0 Å². The molecule has 2 amide bonds. The Balaban J connectivity index is 1.52. The molecule has 0 saturated carbocycles. The van der Waals surface area contributed by atoms with E-state index in [0.717, 1.165) is 57.4 Å². The summed E-state index contributed by atoms with van der Waals surface area (Å²) in [6, 6.07) is 9.48. The predicted octanol–water partition coefficient (Wildman–Crippen LogP) is 2.50. The second kappa shape index (κ2) is 9.17. The molecule has 0 spiro atoms. The van der Waals surface area contributed by atoms with Crippen LogP contribution < -0.4 is 0 Å². The SMILES string of the molecule is CN(CCC1CCOCC1)C(=O)C1CCCN1C(=O)Cc1ccccc1. The first kappa shape index (κ1) is 18.9. The summed E-state index contributed by atoms with van der Waals surface area (Å²) >= 11 is 0. The molecule has 1 aromatic rings. The minimum Gasteiger partial charge on any atom is -0.381 e. The largest absolute Gasteiger partial charge is 0.381 e. The molecule has 3 rings (SSSR count). The first-order valence-corrected chi connectivity index (χ1v) is 9.81. The molecule has 2 heterocycles. The van der Waals surface area contributed by atoms with Crippen molar-refractivity contribution in [2.45, 2.75) is 44.6 Å². The van der Waals surface area contributed by atoms with Gasteiger partial charge in [-0.2, -0.15) is 0 Å². The van der Waals surface area contributed by atoms with E-state index in [2.05, 4.69) is 0 Å². The van der Waals surface area contributed by atoms with Gasteiger partial charge in [0.05, 0.1) is 6.42 Å². The fourth-order valence-electron chi connectivity index (χ4n) is 3.97. The summed E-state index contributed by atoms with van der Waals surface area (Å²) in [6.07, 6.45) is 5.26. The Labute approximate surface area is 156 Å². The van der Waals surface area contributed by atoms with Crippen LogP contribution in [0.25, 0.3) is 0 Å². The van der Waals surface area contributed by atoms with E-state index in [0.29, 0.717) is 18.9 Å². The lowest BCUT2D eigenvalue weighted by molar-refractivity contribution is -0.142. The van der Waals surface area contributed by atoms with Gasteiger partial charge in [-0.05, 0) is 43.6 Å². The summed E-state index contributed by atoms with van der Waals surface area (Å²) < 4.78 is 5.40. The molecule has 2 aliphatic heterocycles. The Kier molecular flexibility index (Phi) is 6.67. The normalized spacial score (nSPS) is 21.0. The van der Waals surface area contributed by atoms with Gasteiger partial charge in [-0.25, -0.2) is 0 Å². The molecule has 1 atom stereocenters. The van der Waals surface area contributed by atoms with Gasteiger partial charge < -0.3 is 14.5 Å². The van der Waals surface area contributed by atoms with E-state index in [1.165, 1.54) is 0 Å². The Morgan fingerprint density at radius 2 is 1.88 bits per heavy atom. The van der Waals surface area contributed by atoms with Crippen molar-refractivity contribution in [2.75, 3.05) is 33.4 Å². The van der Waals surface area contributed by atoms with Crippen LogP contribution in [0.1, 0.15) is 37.7 Å². The van der Waals surface area contributed by atoms with Crippen molar-refractivity contribution in [3.8, 4) is 0 Å². The van der Waals surface area contributed by atoms with E-state index in [1.54, 1.807) is 4.90 Å². The number of ether oxygens (including phenoxy) is 1. The summed E-state index contributed by atoms with van der Waals surface area (Å²) in [5.41, 5.74) is 1.00. The molecule has 0 radical (unpaired) electrons. The smallest absolute Gasteiger partial charge is 0.245 e. The molecule has 2 aliphatic rings. The van der Waals surface area contributed by atoms with Gasteiger partial charge in [-0.1, -0.05) is 30.3 Å². The summed E-state index contributed by atoms with van der Waals surface area (Å²) in [5.74, 6) is 0.805. The van der Waals surface area contributed by atoms with Crippen molar-refractivity contribution >= 4 is 11.8 Å². The first-order valence-electron chi connectivity index (χ1n) is 9.81. The average molecular weight is 358 g/mol. The molecule has 0 aromatic heterocycles. The van der Waals surface area contributed by atoms with Crippen molar-refractivity contribution in [1.82, 2.24) is 9.80 Å². The molecule has 5 heteroatoms. The lowest BCUT2D eigenvalue weighted by Crippen LogP contribution is -2.47. The van der Waals surface area contributed by atoms with E-state index in [4.69, 9.17) is 4.74 Å². The molecule has 26 heavy (non-hydrogen) atoms. The third kappa shape index (κ3) is 4.85. The van der Waals surface area contributed by atoms with Crippen molar-refractivity contribution in [1.29, 1.82) is 0 Å². The van der Waals surface area contributed by atoms with Crippen LogP contribution in [0.3, 0.4) is 0 Å². The minimum atomic E-state index is -0.286.